The van der Waals surface area contributed by atoms with Gasteiger partial charge >= 0.3 is 5.97 Å². The minimum Gasteiger partial charge on any atom is -0.467 e. The predicted octanol–water partition coefficient (Wildman–Crippen LogP) is 3.57. The van der Waals surface area contributed by atoms with E-state index in [0.717, 1.165) is 29.1 Å². The van der Waals surface area contributed by atoms with Gasteiger partial charge in [0.15, 0.2) is 0 Å². The summed E-state index contributed by atoms with van der Waals surface area (Å²) in [4.78, 5) is 24.9. The lowest BCUT2D eigenvalue weighted by molar-refractivity contribution is -0.144. The second kappa shape index (κ2) is 10.4. The topological polar surface area (TPSA) is 84.1 Å². The van der Waals surface area contributed by atoms with Crippen LogP contribution in [0, 0.1) is 31.1 Å². The molecule has 6 nitrogen and oxygen atoms in total. The molecule has 1 aromatic carbocycles. The molecule has 0 fully saturated rings. The molecular weight excluding hydrogens is 378 g/mol. The van der Waals surface area contributed by atoms with Crippen LogP contribution in [0.25, 0.3) is 6.08 Å². The number of aromatic nitrogens is 1. The van der Waals surface area contributed by atoms with Crippen molar-refractivity contribution in [1.29, 1.82) is 5.26 Å². The number of hydrogen-bond donors (Lipinski definition) is 1. The maximum Gasteiger partial charge on any atom is 0.328 e. The lowest BCUT2D eigenvalue weighted by Gasteiger charge is -2.16. The fraction of sp³-hybridized carbons (Fsp3) is 0.375. The summed E-state index contributed by atoms with van der Waals surface area (Å²) < 4.78 is 7.01. The van der Waals surface area contributed by atoms with E-state index in [9.17, 15) is 14.9 Å². The molecule has 1 aromatic heterocycles. The number of nitrogens with zero attached hydrogens (tertiary/aromatic N) is 2. The summed E-state index contributed by atoms with van der Waals surface area (Å²) in [7, 11) is 1.27. The highest BCUT2D eigenvalue weighted by Gasteiger charge is 2.24. The van der Waals surface area contributed by atoms with Gasteiger partial charge in [0.05, 0.1) is 7.11 Å². The summed E-state index contributed by atoms with van der Waals surface area (Å²) in [6.45, 7) is 9.12. The Morgan fingerprint density at radius 3 is 2.47 bits per heavy atom. The molecule has 0 bridgehead atoms. The van der Waals surface area contributed by atoms with Crippen LogP contribution in [-0.4, -0.2) is 29.6 Å². The Kier molecular flexibility index (Phi) is 7.99. The fourth-order valence-electron chi connectivity index (χ4n) is 3.35. The lowest BCUT2D eigenvalue weighted by atomic mass is 10.1. The SMILES string of the molecule is COC(=O)C(Cc1ccccc1)NC(=O)C(C#N)=Cc1cc(C)n(CC(C)C)c1C. The normalized spacial score (nSPS) is 12.4. The van der Waals surface area contributed by atoms with E-state index in [1.165, 1.54) is 7.11 Å². The fourth-order valence-corrected chi connectivity index (χ4v) is 3.35. The first-order valence-corrected chi connectivity index (χ1v) is 9.98. The van der Waals surface area contributed by atoms with Gasteiger partial charge in [0.1, 0.15) is 17.7 Å². The van der Waals surface area contributed by atoms with Gasteiger partial charge in [-0.1, -0.05) is 44.2 Å². The largest absolute Gasteiger partial charge is 0.467 e. The zero-order chi connectivity index (χ0) is 22.3. The molecule has 1 amide bonds. The molecule has 158 valence electrons. The number of aryl methyl sites for hydroxylation is 1. The molecule has 0 saturated heterocycles. The number of carbonyl (C=O) groups excluding carboxylic acids is 2. The lowest BCUT2D eigenvalue weighted by Crippen LogP contribution is -2.43. The Balaban J connectivity index is 2.26. The van der Waals surface area contributed by atoms with Crippen LogP contribution in [0.3, 0.4) is 0 Å². The van der Waals surface area contributed by atoms with E-state index in [4.69, 9.17) is 4.74 Å². The molecule has 0 radical (unpaired) electrons. The van der Waals surface area contributed by atoms with E-state index in [-0.39, 0.29) is 12.0 Å². The quantitative estimate of drug-likeness (QED) is 0.412. The van der Waals surface area contributed by atoms with Crippen LogP contribution in [0.15, 0.2) is 42.0 Å². The zero-order valence-electron chi connectivity index (χ0n) is 18.2. The van der Waals surface area contributed by atoms with Crippen molar-refractivity contribution >= 4 is 18.0 Å². The van der Waals surface area contributed by atoms with Crippen molar-refractivity contribution in [3.05, 3.63) is 64.5 Å². The summed E-state index contributed by atoms with van der Waals surface area (Å²) in [6.07, 6.45) is 1.85. The first-order valence-electron chi connectivity index (χ1n) is 9.98. The van der Waals surface area contributed by atoms with Crippen molar-refractivity contribution < 1.29 is 14.3 Å². The standard InChI is InChI=1S/C24H29N3O3/c1-16(2)15-27-17(3)11-20(18(27)4)13-21(14-25)23(28)26-22(24(29)30-5)12-19-9-7-6-8-10-19/h6-11,13,16,22H,12,15H2,1-5H3,(H,26,28). The Labute approximate surface area is 178 Å². The molecule has 1 N–H and O–H groups in total. The van der Waals surface area contributed by atoms with E-state index in [2.05, 4.69) is 23.7 Å². The van der Waals surface area contributed by atoms with Crippen LogP contribution in [0.5, 0.6) is 0 Å². The van der Waals surface area contributed by atoms with Crippen molar-refractivity contribution in [3.8, 4) is 6.07 Å². The average molecular weight is 408 g/mol. The number of nitrogens with one attached hydrogen (secondary N) is 1. The molecule has 0 saturated carbocycles. The Hall–Kier alpha value is -3.33. The van der Waals surface area contributed by atoms with Crippen LogP contribution in [0.1, 0.15) is 36.4 Å². The zero-order valence-corrected chi connectivity index (χ0v) is 18.2. The van der Waals surface area contributed by atoms with Crippen molar-refractivity contribution in [2.45, 2.75) is 46.7 Å². The van der Waals surface area contributed by atoms with Gasteiger partial charge in [0.25, 0.3) is 5.91 Å². The monoisotopic (exact) mass is 407 g/mol. The number of nitriles is 1. The highest BCUT2D eigenvalue weighted by Crippen LogP contribution is 2.20. The molecule has 0 aliphatic carbocycles. The van der Waals surface area contributed by atoms with Gasteiger partial charge in [-0.25, -0.2) is 4.79 Å². The molecule has 1 heterocycles. The Morgan fingerprint density at radius 1 is 1.23 bits per heavy atom. The van der Waals surface area contributed by atoms with E-state index in [1.807, 2.05) is 56.3 Å². The minimum absolute atomic E-state index is 0.0539. The summed E-state index contributed by atoms with van der Waals surface area (Å²) in [5, 5.41) is 12.2. The highest BCUT2D eigenvalue weighted by molar-refractivity contribution is 6.03. The third-order valence-electron chi connectivity index (χ3n) is 4.90. The van der Waals surface area contributed by atoms with Gasteiger partial charge in [-0.15, -0.1) is 0 Å². The smallest absolute Gasteiger partial charge is 0.328 e. The average Bonchev–Trinajstić information content (AvgIpc) is 2.98. The van der Waals surface area contributed by atoms with Crippen LogP contribution in [0.4, 0.5) is 0 Å². The van der Waals surface area contributed by atoms with Gasteiger partial charge in [0.2, 0.25) is 0 Å². The third kappa shape index (κ3) is 5.84. The molecule has 0 spiro atoms. The van der Waals surface area contributed by atoms with Crippen LogP contribution >= 0.6 is 0 Å². The maximum absolute atomic E-state index is 12.8. The number of amides is 1. The van der Waals surface area contributed by atoms with Gasteiger partial charge in [-0.05, 0) is 43.0 Å². The first-order chi connectivity index (χ1) is 14.3. The molecule has 1 unspecified atom stereocenters. The van der Waals surface area contributed by atoms with E-state index >= 15 is 0 Å². The summed E-state index contributed by atoms with van der Waals surface area (Å²) in [5.74, 6) is -0.679. The molecule has 1 atom stereocenters. The van der Waals surface area contributed by atoms with E-state index in [1.54, 1.807) is 6.08 Å². The van der Waals surface area contributed by atoms with Crippen molar-refractivity contribution in [1.82, 2.24) is 9.88 Å². The van der Waals surface area contributed by atoms with Crippen molar-refractivity contribution in [2.24, 2.45) is 5.92 Å². The molecule has 30 heavy (non-hydrogen) atoms. The second-order valence-electron chi connectivity index (χ2n) is 7.74. The van der Waals surface area contributed by atoms with Crippen LogP contribution in [0.2, 0.25) is 0 Å². The maximum atomic E-state index is 12.8. The summed E-state index contributed by atoms with van der Waals surface area (Å²) >= 11 is 0. The van der Waals surface area contributed by atoms with E-state index < -0.39 is 17.9 Å². The first kappa shape index (κ1) is 23.0. The number of rotatable bonds is 8. The summed E-state index contributed by atoms with van der Waals surface area (Å²) in [5.41, 5.74) is 3.71. The predicted molar refractivity (Wildman–Crippen MR) is 116 cm³/mol. The Morgan fingerprint density at radius 2 is 1.90 bits per heavy atom. The van der Waals surface area contributed by atoms with Gasteiger partial charge in [-0.2, -0.15) is 5.26 Å². The molecular formula is C24H29N3O3. The minimum atomic E-state index is -0.880. The number of methoxy groups -OCH3 is 1. The number of esters is 1. The van der Waals surface area contributed by atoms with Crippen molar-refractivity contribution in [3.63, 3.8) is 0 Å². The summed E-state index contributed by atoms with van der Waals surface area (Å²) in [6, 6.07) is 12.4. The molecule has 6 heteroatoms. The molecule has 0 aliphatic heterocycles. The number of hydrogen-bond acceptors (Lipinski definition) is 4. The molecule has 0 aliphatic rings. The van der Waals surface area contributed by atoms with Crippen LogP contribution < -0.4 is 5.32 Å². The molecule has 2 aromatic rings. The van der Waals surface area contributed by atoms with E-state index in [0.29, 0.717) is 5.92 Å². The molecule has 2 rings (SSSR count). The third-order valence-corrected chi connectivity index (χ3v) is 4.90. The van der Waals surface area contributed by atoms with Gasteiger partial charge in [-0.3, -0.25) is 4.79 Å². The Bertz CT molecular complexity index is 966. The highest BCUT2D eigenvalue weighted by atomic mass is 16.5. The number of benzene rings is 1. The van der Waals surface area contributed by atoms with Gasteiger partial charge in [0, 0.05) is 24.4 Å². The second-order valence-corrected chi connectivity index (χ2v) is 7.74. The number of carbonyl (C=O) groups is 2. The van der Waals surface area contributed by atoms with Crippen molar-refractivity contribution in [2.75, 3.05) is 7.11 Å². The number of ether oxygens (including phenoxy) is 1. The van der Waals surface area contributed by atoms with Crippen LogP contribution in [-0.2, 0) is 27.3 Å². The van der Waals surface area contributed by atoms with Gasteiger partial charge < -0.3 is 14.6 Å².